The maximum absolute atomic E-state index is 15.1. The van der Waals surface area contributed by atoms with Crippen LogP contribution in [0.3, 0.4) is 0 Å². The fourth-order valence-corrected chi connectivity index (χ4v) is 3.72. The summed E-state index contributed by atoms with van der Waals surface area (Å²) in [6.45, 7) is 14.6. The lowest BCUT2D eigenvalue weighted by Crippen LogP contribution is -2.40. The molecule has 0 aliphatic heterocycles. The highest BCUT2D eigenvalue weighted by molar-refractivity contribution is 5.76. The number of aromatic nitrogens is 1. The van der Waals surface area contributed by atoms with Crippen LogP contribution in [0.5, 0.6) is 0 Å². The van der Waals surface area contributed by atoms with Gasteiger partial charge in [-0.05, 0) is 64.7 Å². The van der Waals surface area contributed by atoms with Crippen molar-refractivity contribution in [3.63, 3.8) is 0 Å². The number of ether oxygens (including phenoxy) is 1. The van der Waals surface area contributed by atoms with Gasteiger partial charge in [0.2, 0.25) is 0 Å². The van der Waals surface area contributed by atoms with Gasteiger partial charge in [-0.3, -0.25) is 4.98 Å². The summed E-state index contributed by atoms with van der Waals surface area (Å²) in [5.74, 6) is -0.403. The standard InChI is InChI=1S/C22H30FNO/c1-7-17-11-19(22(6,25-8-2)13-15(3)4)20(23)12-18(17)21-10-9-16(5)14-24-21/h9-10,12,14,19H,3,7-8,11,13H2,1-2,4-6H3. The van der Waals surface area contributed by atoms with Crippen LogP contribution in [-0.2, 0) is 4.74 Å². The van der Waals surface area contributed by atoms with E-state index in [9.17, 15) is 0 Å². The van der Waals surface area contributed by atoms with Gasteiger partial charge in [0.25, 0.3) is 0 Å². The molecule has 2 unspecified atom stereocenters. The molecule has 0 radical (unpaired) electrons. The number of pyridine rings is 1. The van der Waals surface area contributed by atoms with Gasteiger partial charge in [0.15, 0.2) is 0 Å². The zero-order valence-electron chi connectivity index (χ0n) is 16.2. The Balaban J connectivity index is 2.40. The second-order valence-electron chi connectivity index (χ2n) is 7.26. The first-order valence-electron chi connectivity index (χ1n) is 9.11. The maximum Gasteiger partial charge on any atom is 0.107 e. The van der Waals surface area contributed by atoms with E-state index in [4.69, 9.17) is 4.74 Å². The van der Waals surface area contributed by atoms with E-state index in [0.29, 0.717) is 19.4 Å². The van der Waals surface area contributed by atoms with Crippen LogP contribution in [0.4, 0.5) is 4.39 Å². The van der Waals surface area contributed by atoms with Crippen LogP contribution >= 0.6 is 0 Å². The molecule has 3 heteroatoms. The molecule has 0 spiro atoms. The monoisotopic (exact) mass is 343 g/mol. The molecule has 2 atom stereocenters. The second kappa shape index (κ2) is 8.09. The minimum absolute atomic E-state index is 0.119. The predicted octanol–water partition coefficient (Wildman–Crippen LogP) is 6.19. The summed E-state index contributed by atoms with van der Waals surface area (Å²) >= 11 is 0. The first-order valence-corrected chi connectivity index (χ1v) is 9.11. The van der Waals surface area contributed by atoms with Crippen molar-refractivity contribution in [1.82, 2.24) is 4.98 Å². The highest BCUT2D eigenvalue weighted by Crippen LogP contribution is 2.44. The number of rotatable bonds is 7. The topological polar surface area (TPSA) is 22.1 Å². The van der Waals surface area contributed by atoms with E-state index < -0.39 is 5.60 Å². The van der Waals surface area contributed by atoms with Crippen LogP contribution in [0.2, 0.25) is 0 Å². The summed E-state index contributed by atoms with van der Waals surface area (Å²) in [4.78, 5) is 4.49. The van der Waals surface area contributed by atoms with Crippen molar-refractivity contribution in [1.29, 1.82) is 0 Å². The number of aryl methyl sites for hydroxylation is 1. The summed E-state index contributed by atoms with van der Waals surface area (Å²) in [5, 5.41) is 0. The maximum atomic E-state index is 15.1. The van der Waals surface area contributed by atoms with Gasteiger partial charge < -0.3 is 4.74 Å². The fourth-order valence-electron chi connectivity index (χ4n) is 3.72. The van der Waals surface area contributed by atoms with Gasteiger partial charge in [0, 0.05) is 24.3 Å². The van der Waals surface area contributed by atoms with E-state index >= 15 is 4.39 Å². The van der Waals surface area contributed by atoms with Crippen LogP contribution in [0.25, 0.3) is 5.57 Å². The largest absolute Gasteiger partial charge is 0.375 e. The number of allylic oxidation sites excluding steroid dienone is 3. The third kappa shape index (κ3) is 4.46. The zero-order valence-corrected chi connectivity index (χ0v) is 16.2. The van der Waals surface area contributed by atoms with Crippen molar-refractivity contribution in [2.75, 3.05) is 6.61 Å². The van der Waals surface area contributed by atoms with Crippen LogP contribution in [0.15, 0.2) is 48.0 Å². The first-order chi connectivity index (χ1) is 11.8. The fraction of sp³-hybridized carbons (Fsp3) is 0.500. The molecule has 0 bridgehead atoms. The molecular weight excluding hydrogens is 313 g/mol. The lowest BCUT2D eigenvalue weighted by atomic mass is 9.74. The smallest absolute Gasteiger partial charge is 0.107 e. The minimum Gasteiger partial charge on any atom is -0.375 e. The highest BCUT2D eigenvalue weighted by atomic mass is 19.1. The Kier molecular flexibility index (Phi) is 6.34. The molecule has 0 saturated carbocycles. The Bertz CT molecular complexity index is 686. The van der Waals surface area contributed by atoms with Crippen LogP contribution in [0, 0.1) is 12.8 Å². The van der Waals surface area contributed by atoms with Gasteiger partial charge in [0.05, 0.1) is 11.3 Å². The third-order valence-electron chi connectivity index (χ3n) is 4.92. The molecule has 25 heavy (non-hydrogen) atoms. The molecule has 1 aromatic heterocycles. The molecule has 136 valence electrons. The minimum atomic E-state index is -0.576. The van der Waals surface area contributed by atoms with E-state index in [1.54, 1.807) is 6.08 Å². The molecule has 0 aromatic carbocycles. The number of nitrogens with zero attached hydrogens (tertiary/aromatic N) is 1. The van der Waals surface area contributed by atoms with Gasteiger partial charge in [0.1, 0.15) is 5.83 Å². The van der Waals surface area contributed by atoms with E-state index in [1.807, 2.05) is 46.0 Å². The Morgan fingerprint density at radius 1 is 1.40 bits per heavy atom. The average Bonchev–Trinajstić information content (AvgIpc) is 2.54. The number of halogens is 1. The van der Waals surface area contributed by atoms with Gasteiger partial charge >= 0.3 is 0 Å². The van der Waals surface area contributed by atoms with Crippen LogP contribution in [0.1, 0.15) is 58.2 Å². The SMILES string of the molecule is C=C(C)CC(C)(OCC)C1CC(CC)=C(c2ccc(C)cn2)C=C1F. The quantitative estimate of drug-likeness (QED) is 0.551. The third-order valence-corrected chi connectivity index (χ3v) is 4.92. The summed E-state index contributed by atoms with van der Waals surface area (Å²) < 4.78 is 21.2. The van der Waals surface area contributed by atoms with Crippen LogP contribution < -0.4 is 0 Å². The predicted molar refractivity (Wildman–Crippen MR) is 103 cm³/mol. The summed E-state index contributed by atoms with van der Waals surface area (Å²) in [5.41, 5.74) is 4.53. The van der Waals surface area contributed by atoms with Crippen molar-refractivity contribution in [2.24, 2.45) is 5.92 Å². The zero-order chi connectivity index (χ0) is 18.6. The summed E-state index contributed by atoms with van der Waals surface area (Å²) in [6.07, 6.45) is 5.69. The summed E-state index contributed by atoms with van der Waals surface area (Å²) in [6, 6.07) is 3.99. The average molecular weight is 343 g/mol. The molecule has 2 rings (SSSR count). The van der Waals surface area contributed by atoms with Crippen LogP contribution in [-0.4, -0.2) is 17.2 Å². The van der Waals surface area contributed by atoms with E-state index in [-0.39, 0.29) is 11.7 Å². The van der Waals surface area contributed by atoms with Crippen molar-refractivity contribution >= 4 is 5.57 Å². The lowest BCUT2D eigenvalue weighted by molar-refractivity contribution is -0.0631. The van der Waals surface area contributed by atoms with Crippen molar-refractivity contribution < 1.29 is 9.13 Å². The Labute approximate surface area is 151 Å². The van der Waals surface area contributed by atoms with Gasteiger partial charge in [-0.2, -0.15) is 0 Å². The second-order valence-corrected chi connectivity index (χ2v) is 7.26. The van der Waals surface area contributed by atoms with E-state index in [0.717, 1.165) is 28.8 Å². The van der Waals surface area contributed by atoms with E-state index in [2.05, 4.69) is 18.5 Å². The molecule has 1 aliphatic carbocycles. The molecule has 1 aromatic rings. The Morgan fingerprint density at radius 3 is 2.64 bits per heavy atom. The van der Waals surface area contributed by atoms with Crippen molar-refractivity contribution in [3.8, 4) is 0 Å². The number of hydrogen-bond donors (Lipinski definition) is 0. The molecule has 2 nitrogen and oxygen atoms in total. The molecule has 0 saturated heterocycles. The first kappa shape index (κ1) is 19.6. The highest BCUT2D eigenvalue weighted by Gasteiger charge is 2.40. The van der Waals surface area contributed by atoms with Gasteiger partial charge in [-0.25, -0.2) is 4.39 Å². The van der Waals surface area contributed by atoms with E-state index in [1.165, 1.54) is 5.57 Å². The Hall–Kier alpha value is -1.74. The number of hydrogen-bond acceptors (Lipinski definition) is 2. The van der Waals surface area contributed by atoms with Crippen molar-refractivity contribution in [2.45, 2.75) is 59.5 Å². The van der Waals surface area contributed by atoms with Gasteiger partial charge in [-0.15, -0.1) is 6.58 Å². The molecule has 1 aliphatic rings. The molecule has 0 fully saturated rings. The lowest BCUT2D eigenvalue weighted by Gasteiger charge is -2.39. The Morgan fingerprint density at radius 2 is 2.12 bits per heavy atom. The summed E-state index contributed by atoms with van der Waals surface area (Å²) in [7, 11) is 0. The normalized spacial score (nSPS) is 20.2. The molecule has 1 heterocycles. The molecule has 0 amide bonds. The molecule has 0 N–H and O–H groups in total. The molecular formula is C22H30FNO. The van der Waals surface area contributed by atoms with Crippen molar-refractivity contribution in [3.05, 3.63) is 59.2 Å². The van der Waals surface area contributed by atoms with Gasteiger partial charge in [-0.1, -0.05) is 24.1 Å².